The second-order valence-electron chi connectivity index (χ2n) is 9.13. The second kappa shape index (κ2) is 14.1. The van der Waals surface area contributed by atoms with Crippen molar-refractivity contribution in [3.8, 4) is 0 Å². The topological polar surface area (TPSA) is 49.8 Å². The molecule has 0 radical (unpaired) electrons. The molecule has 0 aromatic heterocycles. The third-order valence-electron chi connectivity index (χ3n) is 5.95. The fourth-order valence-corrected chi connectivity index (χ4v) is 5.07. The lowest BCUT2D eigenvalue weighted by Gasteiger charge is -2.21. The standard InChI is InChI=1S/C27H28BrNO2.C3H8O/c1-20(15-26(30)31-19-22-10-6-3-7-11-22)14-23-16-24-12-13-29(27(24)25(28)17-23)18-21-8-4-2-5-9-21;1-2-3-4/h2-11,16-17,20H,12-15,18-19H2,1H3;4H,2-3H2,1H3/t20-;/m1./s1. The fourth-order valence-electron chi connectivity index (χ4n) is 4.27. The summed E-state index contributed by atoms with van der Waals surface area (Å²) in [6.07, 6.45) is 3.23. The van der Waals surface area contributed by atoms with Gasteiger partial charge in [-0.05, 0) is 69.4 Å². The highest BCUT2D eigenvalue weighted by Gasteiger charge is 2.23. The van der Waals surface area contributed by atoms with Gasteiger partial charge in [0.1, 0.15) is 6.61 Å². The van der Waals surface area contributed by atoms with E-state index in [-0.39, 0.29) is 11.9 Å². The van der Waals surface area contributed by atoms with Gasteiger partial charge >= 0.3 is 5.97 Å². The third kappa shape index (κ3) is 8.52. The number of aliphatic hydroxyl groups is 1. The highest BCUT2D eigenvalue weighted by molar-refractivity contribution is 9.10. The van der Waals surface area contributed by atoms with Crippen molar-refractivity contribution >= 4 is 27.6 Å². The van der Waals surface area contributed by atoms with E-state index >= 15 is 0 Å². The molecule has 0 unspecified atom stereocenters. The number of rotatable bonds is 9. The van der Waals surface area contributed by atoms with Crippen molar-refractivity contribution < 1.29 is 14.6 Å². The van der Waals surface area contributed by atoms with Crippen molar-refractivity contribution in [2.24, 2.45) is 5.92 Å². The van der Waals surface area contributed by atoms with E-state index in [2.05, 4.69) is 70.2 Å². The van der Waals surface area contributed by atoms with Crippen molar-refractivity contribution in [2.45, 2.75) is 52.7 Å². The van der Waals surface area contributed by atoms with Gasteiger partial charge in [-0.25, -0.2) is 0 Å². The van der Waals surface area contributed by atoms with Crippen molar-refractivity contribution in [1.82, 2.24) is 0 Å². The SMILES string of the molecule is CCCO.C[C@@H](CC(=O)OCc1ccccc1)Cc1cc(Br)c2c(c1)CCN2Cc1ccccc1. The Labute approximate surface area is 218 Å². The molecule has 3 aromatic carbocycles. The van der Waals surface area contributed by atoms with Crippen molar-refractivity contribution in [3.63, 3.8) is 0 Å². The predicted molar refractivity (Wildman–Crippen MR) is 146 cm³/mol. The monoisotopic (exact) mass is 537 g/mol. The molecule has 0 saturated heterocycles. The molecule has 0 spiro atoms. The molecule has 1 N–H and O–H groups in total. The molecule has 1 aliphatic heterocycles. The van der Waals surface area contributed by atoms with Crippen LogP contribution in [0.5, 0.6) is 0 Å². The molecule has 5 heteroatoms. The maximum atomic E-state index is 12.2. The summed E-state index contributed by atoms with van der Waals surface area (Å²) in [6, 6.07) is 25.0. The van der Waals surface area contributed by atoms with Crippen LogP contribution in [0.1, 0.15) is 48.9 Å². The summed E-state index contributed by atoms with van der Waals surface area (Å²) >= 11 is 3.81. The zero-order valence-electron chi connectivity index (χ0n) is 20.8. The van der Waals surface area contributed by atoms with Crippen molar-refractivity contribution in [1.29, 1.82) is 0 Å². The molecule has 186 valence electrons. The third-order valence-corrected chi connectivity index (χ3v) is 6.56. The van der Waals surface area contributed by atoms with Crippen LogP contribution < -0.4 is 4.90 Å². The average molecular weight is 539 g/mol. The first-order valence-electron chi connectivity index (χ1n) is 12.4. The van der Waals surface area contributed by atoms with E-state index in [0.29, 0.717) is 19.6 Å². The van der Waals surface area contributed by atoms with Gasteiger partial charge < -0.3 is 14.7 Å². The Morgan fingerprint density at radius 3 is 2.29 bits per heavy atom. The number of carbonyl (C=O) groups excluding carboxylic acids is 1. The van der Waals surface area contributed by atoms with E-state index in [4.69, 9.17) is 9.84 Å². The summed E-state index contributed by atoms with van der Waals surface area (Å²) in [6.45, 7) is 6.67. The van der Waals surface area contributed by atoms with Crippen LogP contribution in [-0.4, -0.2) is 24.2 Å². The molecule has 1 aliphatic rings. The average Bonchev–Trinajstić information content (AvgIpc) is 3.27. The molecule has 0 fully saturated rings. The minimum Gasteiger partial charge on any atom is -0.461 e. The first-order valence-corrected chi connectivity index (χ1v) is 13.2. The van der Waals surface area contributed by atoms with Gasteiger partial charge in [0.05, 0.1) is 5.69 Å². The van der Waals surface area contributed by atoms with E-state index in [9.17, 15) is 4.79 Å². The van der Waals surface area contributed by atoms with Gasteiger partial charge in [-0.1, -0.05) is 80.6 Å². The Hall–Kier alpha value is -2.63. The first-order chi connectivity index (χ1) is 17.0. The molecule has 1 atom stereocenters. The normalized spacial score (nSPS) is 13.0. The maximum Gasteiger partial charge on any atom is 0.306 e. The van der Waals surface area contributed by atoms with Crippen molar-refractivity contribution in [2.75, 3.05) is 18.1 Å². The van der Waals surface area contributed by atoms with Crippen LogP contribution in [0.3, 0.4) is 0 Å². The molecule has 1 heterocycles. The Kier molecular flexibility index (Phi) is 10.8. The molecule has 0 aliphatic carbocycles. The zero-order valence-corrected chi connectivity index (χ0v) is 22.3. The number of halogens is 1. The van der Waals surface area contributed by atoms with Crippen LogP contribution in [0.15, 0.2) is 77.3 Å². The lowest BCUT2D eigenvalue weighted by atomic mass is 9.96. The predicted octanol–water partition coefficient (Wildman–Crippen LogP) is 6.71. The minimum absolute atomic E-state index is 0.134. The Balaban J connectivity index is 0.000000795. The fraction of sp³-hybridized carbons (Fsp3) is 0.367. The molecule has 4 rings (SSSR count). The first kappa shape index (κ1) is 27.0. The maximum absolute atomic E-state index is 12.2. The van der Waals surface area contributed by atoms with Crippen LogP contribution in [-0.2, 0) is 35.5 Å². The lowest BCUT2D eigenvalue weighted by molar-refractivity contribution is -0.145. The van der Waals surface area contributed by atoms with Crippen LogP contribution in [0.2, 0.25) is 0 Å². The molecule has 0 bridgehead atoms. The van der Waals surface area contributed by atoms with Gasteiger partial charge in [0.2, 0.25) is 0 Å². The number of aliphatic hydroxyl groups excluding tert-OH is 1. The summed E-state index contributed by atoms with van der Waals surface area (Å²) in [7, 11) is 0. The highest BCUT2D eigenvalue weighted by Crippen LogP contribution is 2.38. The number of anilines is 1. The molecule has 4 nitrogen and oxygen atoms in total. The van der Waals surface area contributed by atoms with E-state index in [1.54, 1.807) is 0 Å². The Morgan fingerprint density at radius 2 is 1.66 bits per heavy atom. The summed E-state index contributed by atoms with van der Waals surface area (Å²) in [4.78, 5) is 14.7. The number of fused-ring (bicyclic) bond motifs is 1. The number of hydrogen-bond acceptors (Lipinski definition) is 4. The number of ether oxygens (including phenoxy) is 1. The highest BCUT2D eigenvalue weighted by atomic mass is 79.9. The quantitative estimate of drug-likeness (QED) is 0.308. The second-order valence-corrected chi connectivity index (χ2v) is 9.98. The summed E-state index contributed by atoms with van der Waals surface area (Å²) < 4.78 is 6.60. The van der Waals surface area contributed by atoms with Gasteiger partial charge in [-0.3, -0.25) is 4.79 Å². The number of carbonyl (C=O) groups is 1. The lowest BCUT2D eigenvalue weighted by Crippen LogP contribution is -2.20. The van der Waals surface area contributed by atoms with Crippen LogP contribution >= 0.6 is 15.9 Å². The number of benzene rings is 3. The Morgan fingerprint density at radius 1 is 1.03 bits per heavy atom. The van der Waals surface area contributed by atoms with E-state index in [1.165, 1.54) is 22.4 Å². The molecule has 0 saturated carbocycles. The van der Waals surface area contributed by atoms with Gasteiger partial charge in [0.15, 0.2) is 0 Å². The van der Waals surface area contributed by atoms with Gasteiger partial charge in [-0.15, -0.1) is 0 Å². The largest absolute Gasteiger partial charge is 0.461 e. The van der Waals surface area contributed by atoms with Gasteiger partial charge in [0.25, 0.3) is 0 Å². The summed E-state index contributed by atoms with van der Waals surface area (Å²) in [5.74, 6) is 0.0978. The van der Waals surface area contributed by atoms with E-state index < -0.39 is 0 Å². The van der Waals surface area contributed by atoms with E-state index in [1.807, 2.05) is 37.3 Å². The van der Waals surface area contributed by atoms with Crippen LogP contribution in [0.4, 0.5) is 5.69 Å². The summed E-state index contributed by atoms with van der Waals surface area (Å²) in [5.41, 5.74) is 6.32. The van der Waals surface area contributed by atoms with Gasteiger partial charge in [-0.2, -0.15) is 0 Å². The van der Waals surface area contributed by atoms with Crippen LogP contribution in [0, 0.1) is 5.92 Å². The molecule has 0 amide bonds. The molecular formula is C30H36BrNO3. The van der Waals surface area contributed by atoms with Gasteiger partial charge in [0, 0.05) is 30.6 Å². The zero-order chi connectivity index (χ0) is 25.0. The molecule has 35 heavy (non-hydrogen) atoms. The number of hydrogen-bond donors (Lipinski definition) is 1. The smallest absolute Gasteiger partial charge is 0.306 e. The Bertz CT molecular complexity index is 1050. The van der Waals surface area contributed by atoms with Crippen molar-refractivity contribution in [3.05, 3.63) is 99.5 Å². The summed E-state index contributed by atoms with van der Waals surface area (Å²) in [5, 5.41) is 7.88. The minimum atomic E-state index is -0.134. The van der Waals surface area contributed by atoms with Crippen LogP contribution in [0.25, 0.3) is 0 Å². The number of esters is 1. The molecule has 3 aromatic rings. The number of nitrogens with zero attached hydrogens (tertiary/aromatic N) is 1. The van der Waals surface area contributed by atoms with E-state index in [0.717, 1.165) is 42.4 Å². The molecular weight excluding hydrogens is 502 g/mol.